The summed E-state index contributed by atoms with van der Waals surface area (Å²) in [5.74, 6) is 1.89. The molecule has 0 unspecified atom stereocenters. The highest BCUT2D eigenvalue weighted by Crippen LogP contribution is 2.23. The third kappa shape index (κ3) is 5.52. The molecule has 0 atom stereocenters. The molecule has 1 heterocycles. The van der Waals surface area contributed by atoms with E-state index in [4.69, 9.17) is 13.9 Å². The van der Waals surface area contributed by atoms with Crippen LogP contribution in [0.2, 0.25) is 0 Å². The standard InChI is InChI=1S/C24H20N2O4S/c1-28-20-8-5-9-21(14-20)29-15-23-25-26-24(30-23)31-16-22(27)19-12-10-18(11-13-19)17-6-3-2-4-7-17/h2-14H,15-16H2,1H3. The molecule has 4 aromatic rings. The van der Waals surface area contributed by atoms with Gasteiger partial charge in [-0.05, 0) is 23.3 Å². The van der Waals surface area contributed by atoms with Gasteiger partial charge in [-0.2, -0.15) is 0 Å². The number of aromatic nitrogens is 2. The Kier molecular flexibility index (Phi) is 6.64. The van der Waals surface area contributed by atoms with Gasteiger partial charge in [0.1, 0.15) is 11.5 Å². The molecule has 0 bridgehead atoms. The van der Waals surface area contributed by atoms with Crippen molar-refractivity contribution >= 4 is 17.5 Å². The van der Waals surface area contributed by atoms with Gasteiger partial charge in [0.2, 0.25) is 0 Å². The molecule has 1 aromatic heterocycles. The molecule has 3 aromatic carbocycles. The average molecular weight is 433 g/mol. The van der Waals surface area contributed by atoms with E-state index in [1.807, 2.05) is 72.8 Å². The SMILES string of the molecule is COc1cccc(OCc2nnc(SCC(=O)c3ccc(-c4ccccc4)cc3)o2)c1. The molecule has 0 fully saturated rings. The molecule has 6 nitrogen and oxygen atoms in total. The number of benzene rings is 3. The maximum atomic E-state index is 12.5. The van der Waals surface area contributed by atoms with Crippen molar-refractivity contribution in [3.8, 4) is 22.6 Å². The van der Waals surface area contributed by atoms with E-state index in [-0.39, 0.29) is 18.1 Å². The van der Waals surface area contributed by atoms with Crippen LogP contribution in [0.5, 0.6) is 11.5 Å². The van der Waals surface area contributed by atoms with E-state index in [1.165, 1.54) is 11.8 Å². The van der Waals surface area contributed by atoms with Gasteiger partial charge in [-0.1, -0.05) is 72.4 Å². The second-order valence-corrected chi connectivity index (χ2v) is 7.51. The smallest absolute Gasteiger partial charge is 0.277 e. The number of carbonyl (C=O) groups excluding carboxylic acids is 1. The van der Waals surface area contributed by atoms with Crippen molar-refractivity contribution in [1.29, 1.82) is 0 Å². The zero-order chi connectivity index (χ0) is 21.5. The Hall–Kier alpha value is -3.58. The molecule has 31 heavy (non-hydrogen) atoms. The molecule has 7 heteroatoms. The fourth-order valence-electron chi connectivity index (χ4n) is 2.88. The van der Waals surface area contributed by atoms with Crippen LogP contribution >= 0.6 is 11.8 Å². The fraction of sp³-hybridized carbons (Fsp3) is 0.125. The van der Waals surface area contributed by atoms with Crippen LogP contribution in [0.15, 0.2) is 88.5 Å². The van der Waals surface area contributed by atoms with Crippen molar-refractivity contribution in [2.75, 3.05) is 12.9 Å². The van der Waals surface area contributed by atoms with Gasteiger partial charge >= 0.3 is 0 Å². The minimum Gasteiger partial charge on any atom is -0.497 e. The molecule has 0 saturated heterocycles. The Bertz CT molecular complexity index is 1140. The summed E-state index contributed by atoms with van der Waals surface area (Å²) in [6.07, 6.45) is 0. The van der Waals surface area contributed by atoms with Crippen LogP contribution in [0.25, 0.3) is 11.1 Å². The van der Waals surface area contributed by atoms with Crippen LogP contribution in [0.4, 0.5) is 0 Å². The van der Waals surface area contributed by atoms with Gasteiger partial charge in [0, 0.05) is 11.6 Å². The zero-order valence-electron chi connectivity index (χ0n) is 16.9. The van der Waals surface area contributed by atoms with Gasteiger partial charge in [0.25, 0.3) is 11.1 Å². The number of ether oxygens (including phenoxy) is 2. The van der Waals surface area contributed by atoms with Gasteiger partial charge in [-0.3, -0.25) is 4.79 Å². The predicted octanol–water partition coefficient (Wildman–Crippen LogP) is 5.30. The highest BCUT2D eigenvalue weighted by molar-refractivity contribution is 7.99. The van der Waals surface area contributed by atoms with Crippen LogP contribution in [0.3, 0.4) is 0 Å². The van der Waals surface area contributed by atoms with Crippen molar-refractivity contribution in [3.05, 3.63) is 90.3 Å². The quantitative estimate of drug-likeness (QED) is 0.262. The van der Waals surface area contributed by atoms with E-state index < -0.39 is 0 Å². The molecule has 0 spiro atoms. The van der Waals surface area contributed by atoms with Crippen LogP contribution < -0.4 is 9.47 Å². The first kappa shape index (κ1) is 20.7. The number of nitrogens with zero attached hydrogens (tertiary/aromatic N) is 2. The minimum absolute atomic E-state index is 0.00278. The monoisotopic (exact) mass is 432 g/mol. The maximum absolute atomic E-state index is 12.5. The molecule has 0 aliphatic rings. The third-order valence-electron chi connectivity index (χ3n) is 4.49. The predicted molar refractivity (Wildman–Crippen MR) is 119 cm³/mol. The van der Waals surface area contributed by atoms with Gasteiger partial charge in [0.15, 0.2) is 12.4 Å². The number of Topliss-reactive ketones (excluding diaryl/α,β-unsaturated/α-hetero) is 1. The largest absolute Gasteiger partial charge is 0.497 e. The molecular formula is C24H20N2O4S. The summed E-state index contributed by atoms with van der Waals surface area (Å²) in [6.45, 7) is 0.135. The topological polar surface area (TPSA) is 74.5 Å². The van der Waals surface area contributed by atoms with Gasteiger partial charge in [-0.25, -0.2) is 0 Å². The molecule has 0 N–H and O–H groups in total. The molecule has 0 aliphatic heterocycles. The number of hydrogen-bond acceptors (Lipinski definition) is 7. The van der Waals surface area contributed by atoms with Crippen LogP contribution in [0, 0.1) is 0 Å². The van der Waals surface area contributed by atoms with E-state index >= 15 is 0 Å². The van der Waals surface area contributed by atoms with Gasteiger partial charge in [0.05, 0.1) is 12.9 Å². The highest BCUT2D eigenvalue weighted by Gasteiger charge is 2.12. The summed E-state index contributed by atoms with van der Waals surface area (Å²) in [7, 11) is 1.60. The molecule has 0 aliphatic carbocycles. The maximum Gasteiger partial charge on any atom is 0.277 e. The molecular weight excluding hydrogens is 412 g/mol. The lowest BCUT2D eigenvalue weighted by Crippen LogP contribution is -2.02. The second kappa shape index (κ2) is 9.95. The Balaban J connectivity index is 1.29. The first-order valence-electron chi connectivity index (χ1n) is 9.62. The lowest BCUT2D eigenvalue weighted by Gasteiger charge is -2.05. The highest BCUT2D eigenvalue weighted by atomic mass is 32.2. The summed E-state index contributed by atoms with van der Waals surface area (Å²) in [5.41, 5.74) is 2.83. The lowest BCUT2D eigenvalue weighted by molar-refractivity contribution is 0.102. The van der Waals surface area contributed by atoms with E-state index in [2.05, 4.69) is 10.2 Å². The summed E-state index contributed by atoms with van der Waals surface area (Å²) >= 11 is 1.21. The van der Waals surface area contributed by atoms with Crippen molar-refractivity contribution in [3.63, 3.8) is 0 Å². The van der Waals surface area contributed by atoms with Crippen molar-refractivity contribution in [2.45, 2.75) is 11.8 Å². The number of carbonyl (C=O) groups is 1. The molecule has 0 amide bonds. The summed E-state index contributed by atoms with van der Waals surface area (Å²) < 4.78 is 16.4. The number of hydrogen-bond donors (Lipinski definition) is 0. The third-order valence-corrected chi connectivity index (χ3v) is 5.31. The Morgan fingerprint density at radius 3 is 2.42 bits per heavy atom. The fourth-order valence-corrected chi connectivity index (χ4v) is 3.56. The second-order valence-electron chi connectivity index (χ2n) is 6.58. The Morgan fingerprint density at radius 1 is 0.903 bits per heavy atom. The summed E-state index contributed by atoms with van der Waals surface area (Å²) in [5, 5.41) is 8.27. The molecule has 0 radical (unpaired) electrons. The Morgan fingerprint density at radius 2 is 1.65 bits per heavy atom. The van der Waals surface area contributed by atoms with Crippen LogP contribution in [0.1, 0.15) is 16.2 Å². The average Bonchev–Trinajstić information content (AvgIpc) is 3.30. The lowest BCUT2D eigenvalue weighted by atomic mass is 10.0. The zero-order valence-corrected chi connectivity index (χ0v) is 17.7. The van der Waals surface area contributed by atoms with Crippen LogP contribution in [-0.4, -0.2) is 28.8 Å². The number of rotatable bonds is 9. The number of thioether (sulfide) groups is 1. The number of methoxy groups -OCH3 is 1. The first-order chi connectivity index (χ1) is 15.2. The van der Waals surface area contributed by atoms with E-state index in [9.17, 15) is 4.79 Å². The first-order valence-corrected chi connectivity index (χ1v) is 10.6. The van der Waals surface area contributed by atoms with E-state index in [0.717, 1.165) is 11.1 Å². The summed E-state index contributed by atoms with van der Waals surface area (Å²) in [4.78, 5) is 12.5. The molecule has 0 saturated carbocycles. The van der Waals surface area contributed by atoms with E-state index in [1.54, 1.807) is 13.2 Å². The molecule has 156 valence electrons. The van der Waals surface area contributed by atoms with Crippen molar-refractivity contribution in [2.24, 2.45) is 0 Å². The summed E-state index contributed by atoms with van der Waals surface area (Å²) in [6, 6.07) is 24.9. The van der Waals surface area contributed by atoms with Crippen molar-refractivity contribution in [1.82, 2.24) is 10.2 Å². The van der Waals surface area contributed by atoms with Crippen LogP contribution in [-0.2, 0) is 6.61 Å². The van der Waals surface area contributed by atoms with Gasteiger partial charge in [-0.15, -0.1) is 10.2 Å². The van der Waals surface area contributed by atoms with Crippen molar-refractivity contribution < 1.29 is 18.7 Å². The normalized spacial score (nSPS) is 10.6. The minimum atomic E-state index is -0.00278. The van der Waals surface area contributed by atoms with E-state index in [0.29, 0.717) is 28.2 Å². The Labute approximate surface area is 184 Å². The number of ketones is 1. The van der Waals surface area contributed by atoms with Gasteiger partial charge < -0.3 is 13.9 Å². The molecule has 4 rings (SSSR count).